The van der Waals surface area contributed by atoms with Crippen LogP contribution in [0.2, 0.25) is 0 Å². The largest absolute Gasteiger partial charge is 0.312 e. The average Bonchev–Trinajstić information content (AvgIpc) is 2.28. The van der Waals surface area contributed by atoms with Crippen molar-refractivity contribution in [3.8, 4) is 0 Å². The highest BCUT2D eigenvalue weighted by atomic mass is 32.2. The predicted molar refractivity (Wildman–Crippen MR) is 73.1 cm³/mol. The first-order valence-electron chi connectivity index (χ1n) is 6.05. The molecule has 0 aliphatic carbocycles. The van der Waals surface area contributed by atoms with Gasteiger partial charge in [-0.3, -0.25) is 0 Å². The van der Waals surface area contributed by atoms with Crippen LogP contribution in [-0.2, 0) is 5.75 Å². The lowest BCUT2D eigenvalue weighted by Crippen LogP contribution is -2.29. The molecule has 0 aromatic heterocycles. The van der Waals surface area contributed by atoms with E-state index >= 15 is 0 Å². The second kappa shape index (κ2) is 4.80. The predicted octanol–water partition coefficient (Wildman–Crippen LogP) is 3.71. The average molecular weight is 235 g/mol. The van der Waals surface area contributed by atoms with E-state index in [4.69, 9.17) is 0 Å². The Bertz CT molecular complexity index is 373. The summed E-state index contributed by atoms with van der Waals surface area (Å²) < 4.78 is 0. The fourth-order valence-electron chi connectivity index (χ4n) is 2.35. The molecule has 0 spiro atoms. The molecule has 0 radical (unpaired) electrons. The third kappa shape index (κ3) is 2.14. The zero-order valence-electron chi connectivity index (χ0n) is 10.6. The Morgan fingerprint density at radius 2 is 2.12 bits per heavy atom. The van der Waals surface area contributed by atoms with Gasteiger partial charge in [0, 0.05) is 17.0 Å². The highest BCUT2D eigenvalue weighted by Gasteiger charge is 2.25. The summed E-state index contributed by atoms with van der Waals surface area (Å²) in [6.07, 6.45) is 0. The molecule has 0 saturated heterocycles. The van der Waals surface area contributed by atoms with Crippen molar-refractivity contribution >= 4 is 11.8 Å². The summed E-state index contributed by atoms with van der Waals surface area (Å²) in [5, 5.41) is 4.12. The molecule has 0 amide bonds. The van der Waals surface area contributed by atoms with Crippen LogP contribution in [0, 0.1) is 0 Å². The van der Waals surface area contributed by atoms with E-state index in [2.05, 4.69) is 51.3 Å². The van der Waals surface area contributed by atoms with Gasteiger partial charge in [0.1, 0.15) is 0 Å². The SMILES string of the molecule is CNC1c2cc(C(C)C)ccc2CSC1C. The van der Waals surface area contributed by atoms with Crippen LogP contribution < -0.4 is 5.32 Å². The minimum absolute atomic E-state index is 0.507. The zero-order chi connectivity index (χ0) is 11.7. The molecule has 88 valence electrons. The van der Waals surface area contributed by atoms with E-state index in [0.29, 0.717) is 17.2 Å². The fourth-order valence-corrected chi connectivity index (χ4v) is 3.53. The lowest BCUT2D eigenvalue weighted by Gasteiger charge is -2.31. The molecular formula is C14H21NS. The fraction of sp³-hybridized carbons (Fsp3) is 0.571. The van der Waals surface area contributed by atoms with Crippen molar-refractivity contribution in [2.45, 2.75) is 43.7 Å². The smallest absolute Gasteiger partial charge is 0.0438 e. The minimum Gasteiger partial charge on any atom is -0.312 e. The van der Waals surface area contributed by atoms with Crippen LogP contribution in [0.3, 0.4) is 0 Å². The van der Waals surface area contributed by atoms with Gasteiger partial charge in [-0.2, -0.15) is 11.8 Å². The third-order valence-corrected chi connectivity index (χ3v) is 4.73. The Morgan fingerprint density at radius 3 is 2.75 bits per heavy atom. The van der Waals surface area contributed by atoms with Crippen LogP contribution in [0.5, 0.6) is 0 Å². The van der Waals surface area contributed by atoms with Crippen molar-refractivity contribution in [3.05, 3.63) is 34.9 Å². The van der Waals surface area contributed by atoms with Gasteiger partial charge in [-0.25, -0.2) is 0 Å². The summed E-state index contributed by atoms with van der Waals surface area (Å²) in [5.41, 5.74) is 4.48. The number of thioether (sulfide) groups is 1. The van der Waals surface area contributed by atoms with Gasteiger partial charge in [-0.05, 0) is 29.7 Å². The number of hydrogen-bond donors (Lipinski definition) is 1. The summed E-state index contributed by atoms with van der Waals surface area (Å²) in [5.74, 6) is 1.78. The molecule has 1 heterocycles. The number of benzene rings is 1. The quantitative estimate of drug-likeness (QED) is 0.838. The molecule has 0 bridgehead atoms. The topological polar surface area (TPSA) is 12.0 Å². The van der Waals surface area contributed by atoms with Gasteiger partial charge >= 0.3 is 0 Å². The summed E-state index contributed by atoms with van der Waals surface area (Å²) in [4.78, 5) is 0. The van der Waals surface area contributed by atoms with E-state index in [1.807, 2.05) is 11.8 Å². The minimum atomic E-state index is 0.507. The number of nitrogens with one attached hydrogen (secondary N) is 1. The molecule has 1 aromatic rings. The molecule has 2 atom stereocenters. The summed E-state index contributed by atoms with van der Waals surface area (Å²) in [6, 6.07) is 7.50. The van der Waals surface area contributed by atoms with Crippen molar-refractivity contribution < 1.29 is 0 Å². The first kappa shape index (κ1) is 12.0. The molecular weight excluding hydrogens is 214 g/mol. The Balaban J connectivity index is 2.42. The summed E-state index contributed by atoms with van der Waals surface area (Å²) in [6.45, 7) is 6.84. The normalized spacial score (nSPS) is 24.6. The highest BCUT2D eigenvalue weighted by molar-refractivity contribution is 7.99. The third-order valence-electron chi connectivity index (χ3n) is 3.45. The summed E-state index contributed by atoms with van der Waals surface area (Å²) in [7, 11) is 2.07. The molecule has 2 rings (SSSR count). The molecule has 1 N–H and O–H groups in total. The van der Waals surface area contributed by atoms with Crippen molar-refractivity contribution in [1.82, 2.24) is 5.32 Å². The van der Waals surface area contributed by atoms with E-state index in [1.54, 1.807) is 0 Å². The van der Waals surface area contributed by atoms with Crippen LogP contribution >= 0.6 is 11.8 Å². The van der Waals surface area contributed by atoms with Gasteiger partial charge < -0.3 is 5.32 Å². The van der Waals surface area contributed by atoms with Gasteiger partial charge in [0.25, 0.3) is 0 Å². The molecule has 1 nitrogen and oxygen atoms in total. The van der Waals surface area contributed by atoms with Crippen LogP contribution in [0.1, 0.15) is 49.4 Å². The standard InChI is InChI=1S/C14H21NS/c1-9(2)11-5-6-12-8-16-10(3)14(15-4)13(12)7-11/h5-7,9-10,14-15H,8H2,1-4H3. The maximum Gasteiger partial charge on any atom is 0.0438 e. The molecule has 1 aliphatic heterocycles. The Labute approximate surface area is 103 Å². The first-order chi connectivity index (χ1) is 7.63. The molecule has 16 heavy (non-hydrogen) atoms. The maximum atomic E-state index is 3.46. The lowest BCUT2D eigenvalue weighted by molar-refractivity contribution is 0.578. The second-order valence-electron chi connectivity index (χ2n) is 4.90. The van der Waals surface area contributed by atoms with Gasteiger partial charge in [0.2, 0.25) is 0 Å². The van der Waals surface area contributed by atoms with Gasteiger partial charge in [-0.15, -0.1) is 0 Å². The molecule has 0 fully saturated rings. The molecule has 0 saturated carbocycles. The maximum absolute atomic E-state index is 3.46. The van der Waals surface area contributed by atoms with Gasteiger partial charge in [-0.1, -0.05) is 39.0 Å². The van der Waals surface area contributed by atoms with Crippen molar-refractivity contribution in [1.29, 1.82) is 0 Å². The van der Waals surface area contributed by atoms with E-state index in [9.17, 15) is 0 Å². The molecule has 1 aromatic carbocycles. The van der Waals surface area contributed by atoms with Crippen molar-refractivity contribution in [2.24, 2.45) is 0 Å². The Morgan fingerprint density at radius 1 is 1.38 bits per heavy atom. The highest BCUT2D eigenvalue weighted by Crippen LogP contribution is 2.38. The van der Waals surface area contributed by atoms with Crippen molar-refractivity contribution in [3.63, 3.8) is 0 Å². The zero-order valence-corrected chi connectivity index (χ0v) is 11.4. The molecule has 1 aliphatic rings. The summed E-state index contributed by atoms with van der Waals surface area (Å²) >= 11 is 2.05. The van der Waals surface area contributed by atoms with Crippen LogP contribution in [0.4, 0.5) is 0 Å². The van der Waals surface area contributed by atoms with Crippen LogP contribution in [-0.4, -0.2) is 12.3 Å². The van der Waals surface area contributed by atoms with E-state index in [0.717, 1.165) is 5.75 Å². The van der Waals surface area contributed by atoms with E-state index in [1.165, 1.54) is 16.7 Å². The first-order valence-corrected chi connectivity index (χ1v) is 7.10. The Hall–Kier alpha value is -0.470. The molecule has 2 heteroatoms. The van der Waals surface area contributed by atoms with Crippen LogP contribution in [0.25, 0.3) is 0 Å². The van der Waals surface area contributed by atoms with Gasteiger partial charge in [0.05, 0.1) is 0 Å². The monoisotopic (exact) mass is 235 g/mol. The second-order valence-corrected chi connectivity index (χ2v) is 6.26. The van der Waals surface area contributed by atoms with E-state index < -0.39 is 0 Å². The van der Waals surface area contributed by atoms with Gasteiger partial charge in [0.15, 0.2) is 0 Å². The lowest BCUT2D eigenvalue weighted by atomic mass is 9.92. The number of fused-ring (bicyclic) bond motifs is 1. The Kier molecular flexibility index (Phi) is 3.60. The number of hydrogen-bond acceptors (Lipinski definition) is 2. The van der Waals surface area contributed by atoms with Crippen molar-refractivity contribution in [2.75, 3.05) is 7.05 Å². The van der Waals surface area contributed by atoms with Crippen LogP contribution in [0.15, 0.2) is 18.2 Å². The molecule has 2 unspecified atom stereocenters. The number of rotatable bonds is 2. The van der Waals surface area contributed by atoms with E-state index in [-0.39, 0.29) is 0 Å².